The van der Waals surface area contributed by atoms with Crippen LogP contribution in [0.25, 0.3) is 0 Å². The fourth-order valence-corrected chi connectivity index (χ4v) is 1.11. The molecule has 0 saturated heterocycles. The van der Waals surface area contributed by atoms with Crippen LogP contribution in [0.15, 0.2) is 0 Å². The van der Waals surface area contributed by atoms with Crippen LogP contribution in [0.5, 0.6) is 0 Å². The van der Waals surface area contributed by atoms with Crippen LogP contribution in [0.2, 0.25) is 0 Å². The van der Waals surface area contributed by atoms with E-state index in [-0.39, 0.29) is 0 Å². The first-order chi connectivity index (χ1) is 5.61. The fraction of sp³-hybridized carbons (Fsp3) is 0.875. The lowest BCUT2D eigenvalue weighted by atomic mass is 10.1. The fourth-order valence-electron chi connectivity index (χ4n) is 1.11. The average Bonchev–Trinajstić information content (AvgIpc) is 2.33. The van der Waals surface area contributed by atoms with Gasteiger partial charge in [0, 0.05) is 6.42 Å². The van der Waals surface area contributed by atoms with Gasteiger partial charge in [-0.3, -0.25) is 0 Å². The van der Waals surface area contributed by atoms with Crippen LogP contribution < -0.4 is 0 Å². The van der Waals surface area contributed by atoms with Crippen LogP contribution in [0, 0.1) is 5.92 Å². The normalized spacial score (nSPS) is 11.5. The first kappa shape index (κ1) is 9.16. The monoisotopic (exact) mass is 168 g/mol. The summed E-state index contributed by atoms with van der Waals surface area (Å²) in [6.45, 7) is 8.50. The third kappa shape index (κ3) is 2.03. The number of rotatable bonds is 3. The zero-order valence-corrected chi connectivity index (χ0v) is 8.15. The highest BCUT2D eigenvalue weighted by Gasteiger charge is 2.09. The topological polar surface area (TPSA) is 43.6 Å². The van der Waals surface area contributed by atoms with Crippen molar-refractivity contribution >= 4 is 0 Å². The van der Waals surface area contributed by atoms with Crippen molar-refractivity contribution in [3.8, 4) is 0 Å². The summed E-state index contributed by atoms with van der Waals surface area (Å²) in [5.74, 6) is 1.59. The molecule has 0 fully saturated rings. The molecule has 0 aromatic carbocycles. The molecule has 4 nitrogen and oxygen atoms in total. The Hall–Kier alpha value is -0.930. The highest BCUT2D eigenvalue weighted by atomic mass is 15.5. The van der Waals surface area contributed by atoms with E-state index >= 15 is 0 Å². The van der Waals surface area contributed by atoms with Gasteiger partial charge in [-0.1, -0.05) is 13.8 Å². The summed E-state index contributed by atoms with van der Waals surface area (Å²) in [4.78, 5) is 0. The highest BCUT2D eigenvalue weighted by molar-refractivity contribution is 4.83. The Morgan fingerprint density at radius 1 is 1.25 bits per heavy atom. The lowest BCUT2D eigenvalue weighted by Gasteiger charge is -2.08. The maximum Gasteiger partial charge on any atom is 0.151 e. The number of hydrogen-bond acceptors (Lipinski definition) is 3. The van der Waals surface area contributed by atoms with Gasteiger partial charge in [0.15, 0.2) is 5.82 Å². The van der Waals surface area contributed by atoms with E-state index in [4.69, 9.17) is 0 Å². The molecule has 12 heavy (non-hydrogen) atoms. The maximum absolute atomic E-state index is 3.98. The standard InChI is InChI=1S/C8H16N4/c1-6(2)5-8-9-10-11-12(8)7(3)4/h6-7H,5H2,1-4H3. The van der Waals surface area contributed by atoms with Gasteiger partial charge in [0.2, 0.25) is 0 Å². The van der Waals surface area contributed by atoms with Gasteiger partial charge in [-0.25, -0.2) is 4.68 Å². The first-order valence-corrected chi connectivity index (χ1v) is 4.38. The van der Waals surface area contributed by atoms with Gasteiger partial charge in [-0.2, -0.15) is 0 Å². The Labute approximate surface area is 73.0 Å². The zero-order valence-electron chi connectivity index (χ0n) is 8.15. The van der Waals surface area contributed by atoms with E-state index in [1.165, 1.54) is 0 Å². The molecule has 0 saturated carbocycles. The van der Waals surface area contributed by atoms with E-state index < -0.39 is 0 Å². The van der Waals surface area contributed by atoms with Gasteiger partial charge in [0.25, 0.3) is 0 Å². The molecule has 1 aromatic rings. The van der Waals surface area contributed by atoms with Gasteiger partial charge in [0.05, 0.1) is 6.04 Å². The van der Waals surface area contributed by atoms with Gasteiger partial charge >= 0.3 is 0 Å². The van der Waals surface area contributed by atoms with Crippen LogP contribution >= 0.6 is 0 Å². The van der Waals surface area contributed by atoms with Crippen molar-refractivity contribution in [2.24, 2.45) is 5.92 Å². The van der Waals surface area contributed by atoms with Crippen LogP contribution in [0.3, 0.4) is 0 Å². The maximum atomic E-state index is 3.98. The van der Waals surface area contributed by atoms with Crippen molar-refractivity contribution in [1.82, 2.24) is 20.2 Å². The van der Waals surface area contributed by atoms with Crippen LogP contribution in [-0.4, -0.2) is 20.2 Å². The lowest BCUT2D eigenvalue weighted by molar-refractivity contribution is 0.475. The number of hydrogen-bond donors (Lipinski definition) is 0. The molecule has 0 bridgehead atoms. The second kappa shape index (κ2) is 3.65. The predicted octanol–water partition coefficient (Wildman–Crippen LogP) is 1.45. The van der Waals surface area contributed by atoms with E-state index in [1.54, 1.807) is 0 Å². The van der Waals surface area contributed by atoms with E-state index in [2.05, 4.69) is 43.2 Å². The molecule has 0 spiro atoms. The SMILES string of the molecule is CC(C)Cc1nnnn1C(C)C. The molecule has 4 heteroatoms. The van der Waals surface area contributed by atoms with Crippen LogP contribution in [-0.2, 0) is 6.42 Å². The molecule has 1 rings (SSSR count). The number of aromatic nitrogens is 4. The lowest BCUT2D eigenvalue weighted by Crippen LogP contribution is -2.10. The summed E-state index contributed by atoms with van der Waals surface area (Å²) < 4.78 is 1.88. The molecule has 1 aromatic heterocycles. The molecule has 0 unspecified atom stereocenters. The molecule has 0 amide bonds. The van der Waals surface area contributed by atoms with Crippen LogP contribution in [0.1, 0.15) is 39.6 Å². The van der Waals surface area contributed by atoms with Gasteiger partial charge in [-0.05, 0) is 30.2 Å². The highest BCUT2D eigenvalue weighted by Crippen LogP contribution is 2.08. The van der Waals surface area contributed by atoms with Crippen molar-refractivity contribution in [3.05, 3.63) is 5.82 Å². The Balaban J connectivity index is 2.77. The van der Waals surface area contributed by atoms with E-state index in [9.17, 15) is 0 Å². The average molecular weight is 168 g/mol. The largest absolute Gasteiger partial charge is 0.227 e. The summed E-state index contributed by atoms with van der Waals surface area (Å²) in [5.41, 5.74) is 0. The third-order valence-electron chi connectivity index (χ3n) is 1.64. The summed E-state index contributed by atoms with van der Waals surface area (Å²) in [6, 6.07) is 0.355. The third-order valence-corrected chi connectivity index (χ3v) is 1.64. The zero-order chi connectivity index (χ0) is 9.14. The van der Waals surface area contributed by atoms with E-state index in [0.717, 1.165) is 12.2 Å². The predicted molar refractivity (Wildman–Crippen MR) is 46.7 cm³/mol. The molecule has 68 valence electrons. The summed E-state index contributed by atoms with van der Waals surface area (Å²) in [7, 11) is 0. The molecule has 0 atom stereocenters. The van der Waals surface area contributed by atoms with Crippen molar-refractivity contribution in [1.29, 1.82) is 0 Å². The minimum atomic E-state index is 0.355. The molecule has 0 aliphatic carbocycles. The summed E-state index contributed by atoms with van der Waals surface area (Å²) in [6.07, 6.45) is 0.950. The molecule has 0 aliphatic rings. The first-order valence-electron chi connectivity index (χ1n) is 4.38. The van der Waals surface area contributed by atoms with Gasteiger partial charge in [0.1, 0.15) is 0 Å². The van der Waals surface area contributed by atoms with E-state index in [0.29, 0.717) is 12.0 Å². The Kier molecular flexibility index (Phi) is 2.78. The summed E-state index contributed by atoms with van der Waals surface area (Å²) >= 11 is 0. The van der Waals surface area contributed by atoms with Gasteiger partial charge < -0.3 is 0 Å². The second-order valence-corrected chi connectivity index (χ2v) is 3.73. The van der Waals surface area contributed by atoms with Crippen LogP contribution in [0.4, 0.5) is 0 Å². The molecular formula is C8H16N4. The molecule has 0 radical (unpaired) electrons. The molecule has 1 heterocycles. The smallest absolute Gasteiger partial charge is 0.151 e. The van der Waals surface area contributed by atoms with Crippen molar-refractivity contribution in [2.75, 3.05) is 0 Å². The van der Waals surface area contributed by atoms with Gasteiger partial charge in [-0.15, -0.1) is 5.10 Å². The number of nitrogens with zero attached hydrogens (tertiary/aromatic N) is 4. The Morgan fingerprint density at radius 2 is 1.92 bits per heavy atom. The minimum absolute atomic E-state index is 0.355. The minimum Gasteiger partial charge on any atom is -0.227 e. The quantitative estimate of drug-likeness (QED) is 0.686. The molecular weight excluding hydrogens is 152 g/mol. The van der Waals surface area contributed by atoms with Crippen molar-refractivity contribution in [2.45, 2.75) is 40.2 Å². The van der Waals surface area contributed by atoms with E-state index in [1.807, 2.05) is 4.68 Å². The Morgan fingerprint density at radius 3 is 2.42 bits per heavy atom. The molecule has 0 N–H and O–H groups in total. The molecule has 0 aliphatic heterocycles. The van der Waals surface area contributed by atoms with Crippen molar-refractivity contribution in [3.63, 3.8) is 0 Å². The van der Waals surface area contributed by atoms with Crippen molar-refractivity contribution < 1.29 is 0 Å². The summed E-state index contributed by atoms with van der Waals surface area (Å²) in [5, 5.41) is 11.6. The number of tetrazole rings is 1. The second-order valence-electron chi connectivity index (χ2n) is 3.73. The Bertz CT molecular complexity index is 239.